The zero-order valence-corrected chi connectivity index (χ0v) is 13.2. The van der Waals surface area contributed by atoms with E-state index in [9.17, 15) is 9.59 Å². The summed E-state index contributed by atoms with van der Waals surface area (Å²) in [5, 5.41) is 14.6. The Morgan fingerprint density at radius 2 is 1.91 bits per heavy atom. The number of ether oxygens (including phenoxy) is 2. The van der Waals surface area contributed by atoms with Crippen LogP contribution >= 0.6 is 0 Å². The second kappa shape index (κ2) is 7.53. The maximum atomic E-state index is 11.5. The minimum atomic E-state index is -1.02. The third-order valence-corrected chi connectivity index (χ3v) is 2.56. The minimum Gasteiger partial charge on any atom is -0.495 e. The highest BCUT2D eigenvalue weighted by Crippen LogP contribution is 2.25. The quantitative estimate of drug-likeness (QED) is 0.698. The number of benzene rings is 1. The Hall–Kier alpha value is -2.44. The Morgan fingerprint density at radius 1 is 1.23 bits per heavy atom. The van der Waals surface area contributed by atoms with Gasteiger partial charge in [-0.05, 0) is 39.0 Å². The number of carboxylic acid groups (broad SMARTS) is 1. The fourth-order valence-corrected chi connectivity index (χ4v) is 1.66. The van der Waals surface area contributed by atoms with E-state index in [1.54, 1.807) is 26.8 Å². The average Bonchev–Trinajstić information content (AvgIpc) is 2.41. The molecule has 0 spiro atoms. The largest absolute Gasteiger partial charge is 0.495 e. The van der Waals surface area contributed by atoms with Crippen molar-refractivity contribution in [2.45, 2.75) is 26.4 Å². The highest BCUT2D eigenvalue weighted by atomic mass is 16.6. The molecule has 22 heavy (non-hydrogen) atoms. The van der Waals surface area contributed by atoms with Crippen LogP contribution in [-0.4, -0.2) is 43.0 Å². The van der Waals surface area contributed by atoms with Crippen molar-refractivity contribution in [2.24, 2.45) is 0 Å². The van der Waals surface area contributed by atoms with Crippen LogP contribution in [0, 0.1) is 0 Å². The van der Waals surface area contributed by atoms with Gasteiger partial charge in [0, 0.05) is 13.1 Å². The molecule has 1 amide bonds. The molecule has 122 valence electrons. The number of amides is 1. The first-order valence-corrected chi connectivity index (χ1v) is 6.85. The second-order valence-electron chi connectivity index (χ2n) is 5.58. The summed E-state index contributed by atoms with van der Waals surface area (Å²) >= 11 is 0. The number of carboxylic acids is 1. The molecule has 7 nitrogen and oxygen atoms in total. The first-order chi connectivity index (χ1) is 10.2. The van der Waals surface area contributed by atoms with Crippen LogP contribution in [0.15, 0.2) is 18.2 Å². The van der Waals surface area contributed by atoms with Crippen LogP contribution in [0.3, 0.4) is 0 Å². The van der Waals surface area contributed by atoms with Crippen LogP contribution in [0.25, 0.3) is 0 Å². The molecule has 0 saturated heterocycles. The summed E-state index contributed by atoms with van der Waals surface area (Å²) in [7, 11) is 1.50. The van der Waals surface area contributed by atoms with Crippen LogP contribution < -0.4 is 15.4 Å². The maximum absolute atomic E-state index is 11.5. The van der Waals surface area contributed by atoms with Crippen molar-refractivity contribution in [2.75, 3.05) is 25.5 Å². The molecule has 0 heterocycles. The predicted molar refractivity (Wildman–Crippen MR) is 82.7 cm³/mol. The van der Waals surface area contributed by atoms with Crippen molar-refractivity contribution in [3.05, 3.63) is 23.8 Å². The zero-order valence-electron chi connectivity index (χ0n) is 13.2. The molecule has 0 saturated carbocycles. The van der Waals surface area contributed by atoms with Crippen LogP contribution in [0.2, 0.25) is 0 Å². The van der Waals surface area contributed by atoms with Gasteiger partial charge in [-0.15, -0.1) is 0 Å². The Labute approximate surface area is 129 Å². The summed E-state index contributed by atoms with van der Waals surface area (Å²) in [5.74, 6) is -0.486. The smallest absolute Gasteiger partial charge is 0.407 e. The first kappa shape index (κ1) is 17.6. The average molecular weight is 310 g/mol. The van der Waals surface area contributed by atoms with Crippen LogP contribution in [0.4, 0.5) is 10.5 Å². The van der Waals surface area contributed by atoms with E-state index in [4.69, 9.17) is 14.6 Å². The van der Waals surface area contributed by atoms with Crippen molar-refractivity contribution in [1.82, 2.24) is 5.32 Å². The van der Waals surface area contributed by atoms with Gasteiger partial charge in [0.2, 0.25) is 0 Å². The van der Waals surface area contributed by atoms with E-state index < -0.39 is 17.7 Å². The number of hydrogen-bond donors (Lipinski definition) is 3. The Balaban J connectivity index is 2.52. The van der Waals surface area contributed by atoms with Gasteiger partial charge in [0.1, 0.15) is 11.4 Å². The lowest BCUT2D eigenvalue weighted by Crippen LogP contribution is -2.35. The number of carbonyl (C=O) groups excluding carboxylic acids is 1. The molecule has 3 N–H and O–H groups in total. The summed E-state index contributed by atoms with van der Waals surface area (Å²) in [6.45, 7) is 6.08. The van der Waals surface area contributed by atoms with E-state index in [2.05, 4.69) is 10.6 Å². The van der Waals surface area contributed by atoms with E-state index in [0.717, 1.165) is 0 Å². The van der Waals surface area contributed by atoms with E-state index in [0.29, 0.717) is 24.5 Å². The van der Waals surface area contributed by atoms with Crippen molar-refractivity contribution >= 4 is 17.7 Å². The number of rotatable bonds is 6. The van der Waals surface area contributed by atoms with Crippen molar-refractivity contribution in [1.29, 1.82) is 0 Å². The second-order valence-corrected chi connectivity index (χ2v) is 5.58. The maximum Gasteiger partial charge on any atom is 0.407 e. The molecule has 0 radical (unpaired) electrons. The molecular weight excluding hydrogens is 288 g/mol. The first-order valence-electron chi connectivity index (χ1n) is 6.85. The summed E-state index contributed by atoms with van der Waals surface area (Å²) < 4.78 is 10.3. The number of alkyl carbamates (subject to hydrolysis) is 1. The number of aromatic carboxylic acids is 1. The number of methoxy groups -OCH3 is 1. The molecule has 0 aliphatic carbocycles. The molecule has 0 unspecified atom stereocenters. The molecule has 1 aromatic carbocycles. The van der Waals surface area contributed by atoms with E-state index in [1.807, 2.05) is 0 Å². The zero-order chi connectivity index (χ0) is 16.8. The summed E-state index contributed by atoms with van der Waals surface area (Å²) in [4.78, 5) is 22.4. The van der Waals surface area contributed by atoms with Gasteiger partial charge in [0.15, 0.2) is 0 Å². The molecule has 1 aromatic rings. The summed E-state index contributed by atoms with van der Waals surface area (Å²) in [6, 6.07) is 4.52. The van der Waals surface area contributed by atoms with Crippen LogP contribution in [-0.2, 0) is 4.74 Å². The lowest BCUT2D eigenvalue weighted by molar-refractivity contribution is 0.0529. The molecule has 0 aliphatic rings. The predicted octanol–water partition coefficient (Wildman–Crippen LogP) is 2.33. The Morgan fingerprint density at radius 3 is 2.45 bits per heavy atom. The molecule has 0 aliphatic heterocycles. The number of carbonyl (C=O) groups is 2. The third kappa shape index (κ3) is 5.90. The van der Waals surface area contributed by atoms with E-state index in [-0.39, 0.29) is 5.56 Å². The lowest BCUT2D eigenvalue weighted by Gasteiger charge is -2.19. The third-order valence-electron chi connectivity index (χ3n) is 2.56. The highest BCUT2D eigenvalue weighted by Gasteiger charge is 2.15. The lowest BCUT2D eigenvalue weighted by atomic mass is 10.2. The van der Waals surface area contributed by atoms with Crippen LogP contribution in [0.5, 0.6) is 5.75 Å². The summed E-state index contributed by atoms with van der Waals surface area (Å²) in [5.41, 5.74) is 0.160. The fourth-order valence-electron chi connectivity index (χ4n) is 1.66. The number of anilines is 1. The van der Waals surface area contributed by atoms with Gasteiger partial charge in [-0.2, -0.15) is 0 Å². The topological polar surface area (TPSA) is 96.9 Å². The van der Waals surface area contributed by atoms with Gasteiger partial charge in [0.25, 0.3) is 0 Å². The SMILES string of the molecule is COc1ccc(C(=O)O)cc1NCCNC(=O)OC(C)(C)C. The van der Waals surface area contributed by atoms with Crippen molar-refractivity contribution in [3.63, 3.8) is 0 Å². The number of nitrogens with one attached hydrogen (secondary N) is 2. The van der Waals surface area contributed by atoms with Crippen molar-refractivity contribution < 1.29 is 24.2 Å². The van der Waals surface area contributed by atoms with Gasteiger partial charge in [-0.1, -0.05) is 0 Å². The molecule has 1 rings (SSSR count). The van der Waals surface area contributed by atoms with E-state index in [1.165, 1.54) is 19.2 Å². The van der Waals surface area contributed by atoms with Gasteiger partial charge in [-0.25, -0.2) is 9.59 Å². The van der Waals surface area contributed by atoms with Gasteiger partial charge in [-0.3, -0.25) is 0 Å². The standard InChI is InChI=1S/C15H22N2O5/c1-15(2,3)22-14(20)17-8-7-16-11-9-10(13(18)19)5-6-12(11)21-4/h5-6,9,16H,7-8H2,1-4H3,(H,17,20)(H,18,19). The van der Waals surface area contributed by atoms with Gasteiger partial charge in [0.05, 0.1) is 18.4 Å². The molecule has 0 bridgehead atoms. The highest BCUT2D eigenvalue weighted by molar-refractivity contribution is 5.89. The minimum absolute atomic E-state index is 0.156. The molecule has 0 fully saturated rings. The summed E-state index contributed by atoms with van der Waals surface area (Å²) in [6.07, 6.45) is -0.499. The molecule has 0 atom stereocenters. The molecular formula is C15H22N2O5. The van der Waals surface area contributed by atoms with Gasteiger partial charge >= 0.3 is 12.1 Å². The number of hydrogen-bond acceptors (Lipinski definition) is 5. The van der Waals surface area contributed by atoms with Crippen LogP contribution in [0.1, 0.15) is 31.1 Å². The normalized spacial score (nSPS) is 10.7. The molecule has 0 aromatic heterocycles. The Bertz CT molecular complexity index is 537. The monoisotopic (exact) mass is 310 g/mol. The van der Waals surface area contributed by atoms with Crippen molar-refractivity contribution in [3.8, 4) is 5.75 Å². The Kier molecular flexibility index (Phi) is 6.03. The molecule has 7 heteroatoms. The van der Waals surface area contributed by atoms with Gasteiger partial charge < -0.3 is 25.2 Å². The van der Waals surface area contributed by atoms with E-state index >= 15 is 0 Å². The fraction of sp³-hybridized carbons (Fsp3) is 0.467.